The van der Waals surface area contributed by atoms with Gasteiger partial charge in [-0.2, -0.15) is 0 Å². The number of carbonyl (C=O) groups is 1. The molecule has 0 spiro atoms. The van der Waals surface area contributed by atoms with Crippen molar-refractivity contribution in [3.8, 4) is 0 Å². The number of aliphatic imine (C=N–C) groups is 1. The van der Waals surface area contributed by atoms with Crippen LogP contribution in [-0.2, 0) is 9.53 Å². The molecule has 0 aliphatic carbocycles. The molecule has 2 rings (SSSR count). The van der Waals surface area contributed by atoms with E-state index in [0.717, 1.165) is 17.7 Å². The summed E-state index contributed by atoms with van der Waals surface area (Å²) in [5.74, 6) is -0.163. The maximum absolute atomic E-state index is 12.0. The summed E-state index contributed by atoms with van der Waals surface area (Å²) in [5, 5.41) is 0. The summed E-state index contributed by atoms with van der Waals surface area (Å²) >= 11 is 0. The lowest BCUT2D eigenvalue weighted by atomic mass is 9.79. The van der Waals surface area contributed by atoms with Gasteiger partial charge in [-0.1, -0.05) is 37.3 Å². The summed E-state index contributed by atoms with van der Waals surface area (Å²) in [6.45, 7) is 4.01. The number of hydrogen-bond acceptors (Lipinski definition) is 3. The highest BCUT2D eigenvalue weighted by Crippen LogP contribution is 2.39. The summed E-state index contributed by atoms with van der Waals surface area (Å²) in [6.07, 6.45) is 1.50. The second-order valence-electron chi connectivity index (χ2n) is 4.95. The molecule has 18 heavy (non-hydrogen) atoms. The van der Waals surface area contributed by atoms with Gasteiger partial charge in [-0.25, -0.2) is 0 Å². The van der Waals surface area contributed by atoms with Crippen LogP contribution in [0.1, 0.15) is 32.3 Å². The third kappa shape index (κ3) is 2.05. The maximum atomic E-state index is 12.0. The van der Waals surface area contributed by atoms with Crippen molar-refractivity contribution in [1.82, 2.24) is 0 Å². The van der Waals surface area contributed by atoms with Crippen LogP contribution in [0.5, 0.6) is 0 Å². The van der Waals surface area contributed by atoms with Crippen LogP contribution in [0.25, 0.3) is 0 Å². The smallest absolute Gasteiger partial charge is 0.314 e. The van der Waals surface area contributed by atoms with Crippen LogP contribution in [0.2, 0.25) is 0 Å². The van der Waals surface area contributed by atoms with E-state index in [-0.39, 0.29) is 12.0 Å². The lowest BCUT2D eigenvalue weighted by Crippen LogP contribution is -2.36. The first-order valence-corrected chi connectivity index (χ1v) is 6.32. The molecule has 1 aliphatic rings. The minimum Gasteiger partial charge on any atom is -0.469 e. The van der Waals surface area contributed by atoms with Crippen molar-refractivity contribution in [3.63, 3.8) is 0 Å². The van der Waals surface area contributed by atoms with Gasteiger partial charge in [0.05, 0.1) is 18.6 Å². The molecule has 0 radical (unpaired) electrons. The molecule has 1 aliphatic heterocycles. The zero-order valence-electron chi connectivity index (χ0n) is 11.1. The fraction of sp³-hybridized carbons (Fsp3) is 0.467. The van der Waals surface area contributed by atoms with Crippen LogP contribution in [0, 0.1) is 5.41 Å². The molecule has 3 heteroatoms. The molecule has 0 N–H and O–H groups in total. The third-order valence-corrected chi connectivity index (χ3v) is 3.73. The van der Waals surface area contributed by atoms with Crippen LogP contribution in [0.15, 0.2) is 35.3 Å². The minimum atomic E-state index is -0.519. The molecule has 3 nitrogen and oxygen atoms in total. The molecule has 0 aromatic heterocycles. The van der Waals surface area contributed by atoms with Crippen molar-refractivity contribution < 1.29 is 9.53 Å². The normalized spacial score (nSPS) is 26.8. The van der Waals surface area contributed by atoms with Gasteiger partial charge in [0.2, 0.25) is 0 Å². The number of hydrogen-bond donors (Lipinski definition) is 0. The van der Waals surface area contributed by atoms with E-state index in [9.17, 15) is 4.79 Å². The molecule has 0 bridgehead atoms. The highest BCUT2D eigenvalue weighted by atomic mass is 16.5. The lowest BCUT2D eigenvalue weighted by Gasteiger charge is -2.26. The molecule has 0 saturated heterocycles. The van der Waals surface area contributed by atoms with Crippen LogP contribution in [-0.4, -0.2) is 24.8 Å². The Hall–Kier alpha value is -1.64. The first-order valence-electron chi connectivity index (χ1n) is 6.32. The molecule has 0 fully saturated rings. The summed E-state index contributed by atoms with van der Waals surface area (Å²) in [4.78, 5) is 16.7. The average molecular weight is 245 g/mol. The van der Waals surface area contributed by atoms with E-state index in [4.69, 9.17) is 9.73 Å². The molecular formula is C15H19NO2. The van der Waals surface area contributed by atoms with E-state index in [0.29, 0.717) is 6.42 Å². The van der Waals surface area contributed by atoms with E-state index in [1.54, 1.807) is 0 Å². The Labute approximate surface area is 108 Å². The van der Waals surface area contributed by atoms with Crippen LogP contribution >= 0.6 is 0 Å². The average Bonchev–Trinajstić information content (AvgIpc) is 2.77. The number of carbonyl (C=O) groups excluding carboxylic acids is 1. The fourth-order valence-corrected chi connectivity index (χ4v) is 2.63. The second-order valence-corrected chi connectivity index (χ2v) is 4.95. The van der Waals surface area contributed by atoms with Crippen LogP contribution < -0.4 is 0 Å². The van der Waals surface area contributed by atoms with E-state index in [1.165, 1.54) is 7.11 Å². The van der Waals surface area contributed by atoms with Crippen molar-refractivity contribution >= 4 is 11.7 Å². The monoisotopic (exact) mass is 245 g/mol. The highest BCUT2D eigenvalue weighted by Gasteiger charge is 2.46. The maximum Gasteiger partial charge on any atom is 0.314 e. The van der Waals surface area contributed by atoms with E-state index in [2.05, 4.69) is 6.92 Å². The van der Waals surface area contributed by atoms with E-state index in [1.807, 2.05) is 37.3 Å². The van der Waals surface area contributed by atoms with Gasteiger partial charge in [0.1, 0.15) is 0 Å². The fourth-order valence-electron chi connectivity index (χ4n) is 2.63. The van der Waals surface area contributed by atoms with Gasteiger partial charge in [-0.15, -0.1) is 0 Å². The molecule has 2 atom stereocenters. The summed E-state index contributed by atoms with van der Waals surface area (Å²) in [7, 11) is 1.45. The SMILES string of the molecule is CC[C@H]1N=C(c2ccccc2)C[C@@]1(C)C(=O)OC. The third-order valence-electron chi connectivity index (χ3n) is 3.73. The molecular weight excluding hydrogens is 226 g/mol. The van der Waals surface area contributed by atoms with Crippen molar-refractivity contribution in [2.45, 2.75) is 32.7 Å². The topological polar surface area (TPSA) is 38.7 Å². The van der Waals surface area contributed by atoms with Gasteiger partial charge < -0.3 is 4.74 Å². The summed E-state index contributed by atoms with van der Waals surface area (Å²) < 4.78 is 4.94. The Morgan fingerprint density at radius 3 is 2.67 bits per heavy atom. The number of ether oxygens (including phenoxy) is 1. The van der Waals surface area contributed by atoms with Gasteiger partial charge >= 0.3 is 5.97 Å². The molecule has 0 unspecified atom stereocenters. The zero-order chi connectivity index (χ0) is 13.2. The largest absolute Gasteiger partial charge is 0.469 e. The number of rotatable bonds is 3. The molecule has 1 aromatic rings. The molecule has 1 aromatic carbocycles. The summed E-state index contributed by atoms with van der Waals surface area (Å²) in [5.41, 5.74) is 1.59. The van der Waals surface area contributed by atoms with Gasteiger partial charge in [0.25, 0.3) is 0 Å². The summed E-state index contributed by atoms with van der Waals surface area (Å²) in [6, 6.07) is 10.1. The predicted octanol–water partition coefficient (Wildman–Crippen LogP) is 2.84. The number of esters is 1. The van der Waals surface area contributed by atoms with Crippen LogP contribution in [0.4, 0.5) is 0 Å². The Kier molecular flexibility index (Phi) is 3.50. The van der Waals surface area contributed by atoms with Crippen molar-refractivity contribution in [3.05, 3.63) is 35.9 Å². The number of benzene rings is 1. The Bertz CT molecular complexity index is 467. The predicted molar refractivity (Wildman–Crippen MR) is 71.8 cm³/mol. The molecule has 0 saturated carbocycles. The van der Waals surface area contributed by atoms with Crippen molar-refractivity contribution in [1.29, 1.82) is 0 Å². The van der Waals surface area contributed by atoms with Crippen molar-refractivity contribution in [2.24, 2.45) is 10.4 Å². The quantitative estimate of drug-likeness (QED) is 0.768. The van der Waals surface area contributed by atoms with Gasteiger partial charge in [0, 0.05) is 12.1 Å². The Balaban J connectivity index is 2.31. The molecule has 1 heterocycles. The minimum absolute atomic E-state index is 0.0140. The van der Waals surface area contributed by atoms with Crippen molar-refractivity contribution in [2.75, 3.05) is 7.11 Å². The van der Waals surface area contributed by atoms with Gasteiger partial charge in [0.15, 0.2) is 0 Å². The highest BCUT2D eigenvalue weighted by molar-refractivity contribution is 6.05. The first kappa shape index (κ1) is 12.8. The van der Waals surface area contributed by atoms with E-state index >= 15 is 0 Å². The second kappa shape index (κ2) is 4.92. The molecule has 96 valence electrons. The van der Waals surface area contributed by atoms with Gasteiger partial charge in [-0.3, -0.25) is 9.79 Å². The Morgan fingerprint density at radius 2 is 2.11 bits per heavy atom. The Morgan fingerprint density at radius 1 is 1.44 bits per heavy atom. The first-order chi connectivity index (χ1) is 8.61. The molecule has 0 amide bonds. The number of nitrogens with zero attached hydrogens (tertiary/aromatic N) is 1. The lowest BCUT2D eigenvalue weighted by molar-refractivity contribution is -0.152. The van der Waals surface area contributed by atoms with Gasteiger partial charge in [-0.05, 0) is 18.9 Å². The number of methoxy groups -OCH3 is 1. The van der Waals surface area contributed by atoms with Crippen LogP contribution in [0.3, 0.4) is 0 Å². The zero-order valence-corrected chi connectivity index (χ0v) is 11.1. The van der Waals surface area contributed by atoms with E-state index < -0.39 is 5.41 Å². The standard InChI is InChI=1S/C15H19NO2/c1-4-13-15(2,14(17)18-3)10-12(16-13)11-8-6-5-7-9-11/h5-9,13H,4,10H2,1-3H3/t13-,15-/m1/s1.